The number of thiazole rings is 1. The number of nitrogens with zero attached hydrogens (tertiary/aromatic N) is 2. The van der Waals surface area contributed by atoms with Crippen LogP contribution >= 0.6 is 11.3 Å². The number of carboxylic acid groups (broad SMARTS) is 1. The van der Waals surface area contributed by atoms with Gasteiger partial charge in [0.2, 0.25) is 11.8 Å². The molecule has 0 spiro atoms. The van der Waals surface area contributed by atoms with Crippen LogP contribution in [-0.4, -0.2) is 41.0 Å². The van der Waals surface area contributed by atoms with Gasteiger partial charge in [-0.3, -0.25) is 14.4 Å². The van der Waals surface area contributed by atoms with Gasteiger partial charge in [-0.2, -0.15) is 0 Å². The highest BCUT2D eigenvalue weighted by Gasteiger charge is 2.36. The lowest BCUT2D eigenvalue weighted by atomic mass is 9.79. The third-order valence-corrected chi connectivity index (χ3v) is 7.00. The predicted octanol–water partition coefficient (Wildman–Crippen LogP) is 2.96. The van der Waals surface area contributed by atoms with Gasteiger partial charge >= 0.3 is 5.97 Å². The second-order valence-corrected chi connectivity index (χ2v) is 9.26. The number of hydrogen-bond donors (Lipinski definition) is 2. The number of amides is 2. The third kappa shape index (κ3) is 4.12. The van der Waals surface area contributed by atoms with Crippen LogP contribution in [-0.2, 0) is 14.4 Å². The Morgan fingerprint density at radius 3 is 2.90 bits per heavy atom. The van der Waals surface area contributed by atoms with Crippen molar-refractivity contribution >= 4 is 45.0 Å². The first-order chi connectivity index (χ1) is 13.9. The summed E-state index contributed by atoms with van der Waals surface area (Å²) in [5.74, 6) is -1.85. The van der Waals surface area contributed by atoms with Crippen LogP contribution in [0.3, 0.4) is 0 Å². The zero-order valence-electron chi connectivity index (χ0n) is 16.4. The number of carbonyl (C=O) groups excluding carboxylic acids is 2. The first kappa shape index (κ1) is 19.8. The summed E-state index contributed by atoms with van der Waals surface area (Å²) in [6.45, 7) is 2.66. The van der Waals surface area contributed by atoms with Gasteiger partial charge in [0.15, 0.2) is 0 Å². The van der Waals surface area contributed by atoms with E-state index >= 15 is 0 Å². The number of nitrogens with one attached hydrogen (secondary N) is 1. The molecule has 7 nitrogen and oxygen atoms in total. The maximum Gasteiger partial charge on any atom is 0.306 e. The van der Waals surface area contributed by atoms with E-state index in [0.29, 0.717) is 19.5 Å². The van der Waals surface area contributed by atoms with Crippen molar-refractivity contribution in [3.8, 4) is 0 Å². The summed E-state index contributed by atoms with van der Waals surface area (Å²) in [5, 5.41) is 13.3. The summed E-state index contributed by atoms with van der Waals surface area (Å²) in [7, 11) is 0. The van der Waals surface area contributed by atoms with E-state index in [1.54, 1.807) is 16.2 Å². The Labute approximate surface area is 173 Å². The first-order valence-corrected chi connectivity index (χ1v) is 10.9. The maximum atomic E-state index is 12.7. The van der Waals surface area contributed by atoms with Crippen LogP contribution in [0.15, 0.2) is 18.2 Å². The summed E-state index contributed by atoms with van der Waals surface area (Å²) in [5.41, 5.74) is 1.63. The molecular weight excluding hydrogens is 390 g/mol. The number of aromatic nitrogens is 1. The lowest BCUT2D eigenvalue weighted by molar-refractivity contribution is -0.145. The molecule has 2 N–H and O–H groups in total. The van der Waals surface area contributed by atoms with Crippen molar-refractivity contribution < 1.29 is 19.5 Å². The molecule has 2 aromatic rings. The molecule has 1 unspecified atom stereocenters. The molecule has 1 aliphatic heterocycles. The van der Waals surface area contributed by atoms with Crippen molar-refractivity contribution in [2.45, 2.75) is 39.0 Å². The fraction of sp³-hybridized carbons (Fsp3) is 0.524. The van der Waals surface area contributed by atoms with E-state index in [1.807, 2.05) is 25.1 Å². The number of rotatable bonds is 5. The van der Waals surface area contributed by atoms with Gasteiger partial charge in [-0.1, -0.05) is 12.8 Å². The van der Waals surface area contributed by atoms with Gasteiger partial charge in [0, 0.05) is 25.2 Å². The van der Waals surface area contributed by atoms with Crippen molar-refractivity contribution in [3.63, 3.8) is 0 Å². The van der Waals surface area contributed by atoms with Crippen LogP contribution in [0.1, 0.15) is 37.1 Å². The molecule has 29 heavy (non-hydrogen) atoms. The summed E-state index contributed by atoms with van der Waals surface area (Å²) in [4.78, 5) is 42.7. The molecule has 2 fully saturated rings. The first-order valence-electron chi connectivity index (χ1n) is 10.1. The van der Waals surface area contributed by atoms with Crippen molar-refractivity contribution in [1.82, 2.24) is 10.3 Å². The minimum atomic E-state index is -0.779. The topological polar surface area (TPSA) is 99.6 Å². The van der Waals surface area contributed by atoms with Crippen molar-refractivity contribution in [2.75, 3.05) is 18.0 Å². The molecule has 1 saturated heterocycles. The molecular formula is C21H25N3O4S. The maximum absolute atomic E-state index is 12.7. The van der Waals surface area contributed by atoms with Crippen LogP contribution in [0.25, 0.3) is 10.2 Å². The third-order valence-electron chi connectivity index (χ3n) is 6.05. The van der Waals surface area contributed by atoms with Gasteiger partial charge in [-0.05, 0) is 43.9 Å². The number of aliphatic carboxylic acids is 1. The molecule has 3 atom stereocenters. The molecule has 2 heterocycles. The van der Waals surface area contributed by atoms with Crippen LogP contribution in [0, 0.1) is 24.7 Å². The second kappa shape index (κ2) is 8.10. The van der Waals surface area contributed by atoms with E-state index in [1.165, 1.54) is 0 Å². The molecule has 1 aromatic carbocycles. The van der Waals surface area contributed by atoms with E-state index < -0.39 is 11.9 Å². The monoisotopic (exact) mass is 415 g/mol. The lowest BCUT2D eigenvalue weighted by Crippen LogP contribution is -2.40. The van der Waals surface area contributed by atoms with Crippen molar-refractivity contribution in [2.24, 2.45) is 17.8 Å². The number of hydrogen-bond acceptors (Lipinski definition) is 5. The summed E-state index contributed by atoms with van der Waals surface area (Å²) in [6, 6.07) is 5.76. The minimum Gasteiger partial charge on any atom is -0.481 e. The second-order valence-electron chi connectivity index (χ2n) is 8.02. The van der Waals surface area contributed by atoms with Gasteiger partial charge < -0.3 is 15.3 Å². The Kier molecular flexibility index (Phi) is 5.54. The highest BCUT2D eigenvalue weighted by Crippen LogP contribution is 2.32. The van der Waals surface area contributed by atoms with E-state index in [0.717, 1.165) is 40.2 Å². The Balaban J connectivity index is 1.39. The van der Waals surface area contributed by atoms with E-state index in [-0.39, 0.29) is 30.1 Å². The smallest absolute Gasteiger partial charge is 0.306 e. The van der Waals surface area contributed by atoms with Crippen molar-refractivity contribution in [1.29, 1.82) is 0 Å². The highest BCUT2D eigenvalue weighted by molar-refractivity contribution is 7.18. The zero-order valence-corrected chi connectivity index (χ0v) is 17.2. The fourth-order valence-corrected chi connectivity index (χ4v) is 5.29. The number of benzene rings is 1. The molecule has 0 radical (unpaired) electrons. The fourth-order valence-electron chi connectivity index (χ4n) is 4.48. The highest BCUT2D eigenvalue weighted by atomic mass is 32.1. The molecule has 1 aromatic heterocycles. The Hall–Kier alpha value is -2.48. The molecule has 2 amide bonds. The van der Waals surface area contributed by atoms with Gasteiger partial charge in [0.1, 0.15) is 0 Å². The number of fused-ring (bicyclic) bond motifs is 1. The Morgan fingerprint density at radius 2 is 2.10 bits per heavy atom. The minimum absolute atomic E-state index is 0.0336. The van der Waals surface area contributed by atoms with Gasteiger partial charge in [-0.25, -0.2) is 4.98 Å². The Bertz CT molecular complexity index is 957. The van der Waals surface area contributed by atoms with E-state index in [2.05, 4.69) is 10.3 Å². The molecule has 8 heteroatoms. The standard InChI is InChI=1S/C21H25N3O4S/c1-12-23-17-9-15(6-7-18(17)29-12)24-11-14(8-19(24)25)20(26)22-10-13-4-2-3-5-16(13)21(27)28/h6-7,9,13-14,16H,2-5,8,10-11H2,1H3,(H,22,26)(H,27,28)/t13-,14?,16-/m0/s1. The molecule has 1 saturated carbocycles. The number of carboxylic acids is 1. The van der Waals surface area contributed by atoms with Crippen LogP contribution in [0.4, 0.5) is 5.69 Å². The predicted molar refractivity (Wildman–Crippen MR) is 111 cm³/mol. The average molecular weight is 416 g/mol. The number of anilines is 1. The summed E-state index contributed by atoms with van der Waals surface area (Å²) in [6.07, 6.45) is 3.59. The van der Waals surface area contributed by atoms with Crippen LogP contribution in [0.5, 0.6) is 0 Å². The lowest BCUT2D eigenvalue weighted by Gasteiger charge is -2.28. The Morgan fingerprint density at radius 1 is 1.31 bits per heavy atom. The van der Waals surface area contributed by atoms with Crippen LogP contribution in [0.2, 0.25) is 0 Å². The summed E-state index contributed by atoms with van der Waals surface area (Å²) < 4.78 is 1.08. The summed E-state index contributed by atoms with van der Waals surface area (Å²) >= 11 is 1.61. The van der Waals surface area contributed by atoms with Gasteiger partial charge in [-0.15, -0.1) is 11.3 Å². The molecule has 2 aliphatic rings. The molecule has 4 rings (SSSR count). The van der Waals surface area contributed by atoms with E-state index in [9.17, 15) is 19.5 Å². The zero-order chi connectivity index (χ0) is 20.5. The number of aryl methyl sites for hydroxylation is 1. The van der Waals surface area contributed by atoms with Crippen LogP contribution < -0.4 is 10.2 Å². The normalized spacial score (nSPS) is 24.8. The van der Waals surface area contributed by atoms with Crippen molar-refractivity contribution in [3.05, 3.63) is 23.2 Å². The largest absolute Gasteiger partial charge is 0.481 e. The SMILES string of the molecule is Cc1nc2cc(N3CC(C(=O)NC[C@@H]4CCCC[C@@H]4C(=O)O)CC3=O)ccc2s1. The average Bonchev–Trinajstić information content (AvgIpc) is 3.27. The molecule has 0 bridgehead atoms. The molecule has 154 valence electrons. The molecule has 1 aliphatic carbocycles. The number of carbonyl (C=O) groups is 3. The van der Waals surface area contributed by atoms with E-state index in [4.69, 9.17) is 0 Å². The van der Waals surface area contributed by atoms with Gasteiger partial charge in [0.25, 0.3) is 0 Å². The van der Waals surface area contributed by atoms with Gasteiger partial charge in [0.05, 0.1) is 27.1 Å². The quantitative estimate of drug-likeness (QED) is 0.782.